The minimum absolute atomic E-state index is 0.207. The van der Waals surface area contributed by atoms with Crippen molar-refractivity contribution >= 4 is 25.1 Å². The average Bonchev–Trinajstić information content (AvgIpc) is 3.12. The predicted molar refractivity (Wildman–Crippen MR) is 171 cm³/mol. The number of benzene rings is 5. The number of rotatable bonds is 16. The van der Waals surface area contributed by atoms with Crippen LogP contribution in [0.5, 0.6) is 23.0 Å². The molecule has 0 aliphatic heterocycles. The van der Waals surface area contributed by atoms with Gasteiger partial charge < -0.3 is 18.9 Å². The molecular formula is C38H30O8. The Morgan fingerprint density at radius 2 is 0.522 bits per heavy atom. The molecule has 5 rings (SSSR count). The Kier molecular flexibility index (Phi) is 10.7. The summed E-state index contributed by atoms with van der Waals surface area (Å²) in [6.07, 6.45) is 3.10. The van der Waals surface area contributed by atoms with Crippen molar-refractivity contribution < 1.29 is 38.1 Å². The first-order valence-electron chi connectivity index (χ1n) is 14.4. The van der Waals surface area contributed by atoms with Crippen LogP contribution in [-0.4, -0.2) is 25.1 Å². The maximum Gasteiger partial charge on any atom is 0.150 e. The Morgan fingerprint density at radius 3 is 0.696 bits per heavy atom. The number of carbonyl (C=O) groups excluding carboxylic acids is 4. The summed E-state index contributed by atoms with van der Waals surface area (Å²) in [4.78, 5) is 44.3. The van der Waals surface area contributed by atoms with Crippen molar-refractivity contribution in [3.8, 4) is 23.0 Å². The molecule has 5 aromatic rings. The Morgan fingerprint density at radius 1 is 0.326 bits per heavy atom. The van der Waals surface area contributed by atoms with Crippen LogP contribution in [0.1, 0.15) is 63.7 Å². The standard InChI is InChI=1S/C38H30O8/c39-19-27-1-9-35(10-2-27)43-23-31-17-33(25-45-37-13-5-29(21-41)6-14-37)34(26-46-38-15-7-30(22-42)8-16-38)18-32(31)24-44-36-11-3-28(20-40)4-12-36/h1-22H,23-26H2. The fraction of sp³-hybridized carbons (Fsp3) is 0.105. The van der Waals surface area contributed by atoms with Gasteiger partial charge in [-0.15, -0.1) is 0 Å². The molecule has 8 nitrogen and oxygen atoms in total. The van der Waals surface area contributed by atoms with E-state index < -0.39 is 0 Å². The number of hydrogen-bond donors (Lipinski definition) is 0. The highest BCUT2D eigenvalue weighted by Crippen LogP contribution is 2.26. The van der Waals surface area contributed by atoms with E-state index in [0.717, 1.165) is 47.4 Å². The molecule has 0 aliphatic carbocycles. The lowest BCUT2D eigenvalue weighted by Gasteiger charge is -2.19. The van der Waals surface area contributed by atoms with E-state index >= 15 is 0 Å². The Hall–Kier alpha value is -6.02. The van der Waals surface area contributed by atoms with Crippen molar-refractivity contribution in [2.75, 3.05) is 0 Å². The second-order valence-corrected chi connectivity index (χ2v) is 10.3. The zero-order valence-corrected chi connectivity index (χ0v) is 24.8. The van der Waals surface area contributed by atoms with E-state index in [1.165, 1.54) is 0 Å². The molecule has 0 heterocycles. The summed E-state index contributed by atoms with van der Waals surface area (Å²) in [5.41, 5.74) is 5.58. The van der Waals surface area contributed by atoms with Crippen LogP contribution in [0.4, 0.5) is 0 Å². The summed E-state index contributed by atoms with van der Waals surface area (Å²) in [5.74, 6) is 2.39. The van der Waals surface area contributed by atoms with Crippen LogP contribution in [0.15, 0.2) is 109 Å². The minimum atomic E-state index is 0.207. The number of hydrogen-bond acceptors (Lipinski definition) is 8. The van der Waals surface area contributed by atoms with E-state index in [9.17, 15) is 19.2 Å². The largest absolute Gasteiger partial charge is 0.489 e. The molecule has 0 bridgehead atoms. The fourth-order valence-corrected chi connectivity index (χ4v) is 4.54. The molecule has 0 amide bonds. The van der Waals surface area contributed by atoms with Gasteiger partial charge in [-0.3, -0.25) is 19.2 Å². The van der Waals surface area contributed by atoms with Gasteiger partial charge in [-0.2, -0.15) is 0 Å². The predicted octanol–water partition coefficient (Wildman–Crippen LogP) is 7.25. The lowest BCUT2D eigenvalue weighted by molar-refractivity contribution is 0.111. The maximum atomic E-state index is 11.1. The number of carbonyl (C=O) groups is 4. The molecule has 0 fully saturated rings. The van der Waals surface area contributed by atoms with Gasteiger partial charge in [0.25, 0.3) is 0 Å². The van der Waals surface area contributed by atoms with Gasteiger partial charge in [0.15, 0.2) is 0 Å². The highest BCUT2D eigenvalue weighted by molar-refractivity contribution is 5.76. The first kappa shape index (κ1) is 31.4. The van der Waals surface area contributed by atoms with Gasteiger partial charge >= 0.3 is 0 Å². The molecule has 46 heavy (non-hydrogen) atoms. The van der Waals surface area contributed by atoms with E-state index in [-0.39, 0.29) is 26.4 Å². The van der Waals surface area contributed by atoms with Crippen molar-refractivity contribution in [2.45, 2.75) is 26.4 Å². The highest BCUT2D eigenvalue weighted by Gasteiger charge is 2.14. The van der Waals surface area contributed by atoms with Crippen molar-refractivity contribution in [3.63, 3.8) is 0 Å². The molecule has 8 heteroatoms. The van der Waals surface area contributed by atoms with Crippen molar-refractivity contribution in [1.29, 1.82) is 0 Å². The molecule has 0 spiro atoms. The topological polar surface area (TPSA) is 105 Å². The van der Waals surface area contributed by atoms with Crippen LogP contribution in [0.2, 0.25) is 0 Å². The van der Waals surface area contributed by atoms with Gasteiger partial charge in [-0.1, -0.05) is 0 Å². The molecule has 0 atom stereocenters. The van der Waals surface area contributed by atoms with E-state index in [4.69, 9.17) is 18.9 Å². The molecule has 0 aromatic heterocycles. The van der Waals surface area contributed by atoms with Crippen LogP contribution >= 0.6 is 0 Å². The van der Waals surface area contributed by atoms with E-state index in [1.807, 2.05) is 12.1 Å². The van der Waals surface area contributed by atoms with Gasteiger partial charge in [-0.05, 0) is 131 Å². The molecule has 230 valence electrons. The molecule has 0 saturated heterocycles. The van der Waals surface area contributed by atoms with Gasteiger partial charge in [-0.25, -0.2) is 0 Å². The molecule has 0 aliphatic rings. The Labute approximate surface area is 266 Å². The second-order valence-electron chi connectivity index (χ2n) is 10.3. The lowest BCUT2D eigenvalue weighted by Crippen LogP contribution is -2.10. The van der Waals surface area contributed by atoms with Crippen molar-refractivity contribution in [2.24, 2.45) is 0 Å². The summed E-state index contributed by atoms with van der Waals surface area (Å²) < 4.78 is 24.4. The van der Waals surface area contributed by atoms with Gasteiger partial charge in [0.05, 0.1) is 0 Å². The lowest BCUT2D eigenvalue weighted by atomic mass is 9.99. The van der Waals surface area contributed by atoms with Crippen molar-refractivity contribution in [1.82, 2.24) is 0 Å². The van der Waals surface area contributed by atoms with E-state index in [2.05, 4.69) is 0 Å². The fourth-order valence-electron chi connectivity index (χ4n) is 4.54. The van der Waals surface area contributed by atoms with Gasteiger partial charge in [0, 0.05) is 22.3 Å². The van der Waals surface area contributed by atoms with Crippen LogP contribution < -0.4 is 18.9 Å². The van der Waals surface area contributed by atoms with Crippen LogP contribution in [0, 0.1) is 0 Å². The molecule has 0 saturated carbocycles. The summed E-state index contributed by atoms with van der Waals surface area (Å²) in [6, 6.07) is 31.4. The number of aldehydes is 4. The average molecular weight is 615 g/mol. The molecule has 5 aromatic carbocycles. The number of ether oxygens (including phenoxy) is 4. The minimum Gasteiger partial charge on any atom is -0.489 e. The normalized spacial score (nSPS) is 10.4. The Balaban J connectivity index is 1.45. The van der Waals surface area contributed by atoms with Crippen LogP contribution in [0.3, 0.4) is 0 Å². The van der Waals surface area contributed by atoms with Gasteiger partial charge in [0.1, 0.15) is 74.6 Å². The highest BCUT2D eigenvalue weighted by atomic mass is 16.5. The Bertz CT molecular complexity index is 1510. The molecular weight excluding hydrogens is 584 g/mol. The molecule has 0 radical (unpaired) electrons. The quantitative estimate of drug-likeness (QED) is 0.107. The summed E-state index contributed by atoms with van der Waals surface area (Å²) in [6.45, 7) is 0.828. The summed E-state index contributed by atoms with van der Waals surface area (Å²) in [7, 11) is 0. The zero-order chi connectivity index (χ0) is 32.1. The first-order chi connectivity index (χ1) is 22.6. The summed E-state index contributed by atoms with van der Waals surface area (Å²) in [5, 5.41) is 0. The van der Waals surface area contributed by atoms with Crippen LogP contribution in [-0.2, 0) is 26.4 Å². The molecule has 0 unspecified atom stereocenters. The SMILES string of the molecule is O=Cc1ccc(OCc2cc(COc3ccc(C=O)cc3)c(COc3ccc(C=O)cc3)cc2COc2ccc(C=O)cc2)cc1. The summed E-state index contributed by atoms with van der Waals surface area (Å²) >= 11 is 0. The monoisotopic (exact) mass is 614 g/mol. The van der Waals surface area contributed by atoms with Crippen LogP contribution in [0.25, 0.3) is 0 Å². The second kappa shape index (κ2) is 15.6. The third-order valence-corrected chi connectivity index (χ3v) is 7.16. The third kappa shape index (κ3) is 8.54. The van der Waals surface area contributed by atoms with Gasteiger partial charge in [0.2, 0.25) is 0 Å². The third-order valence-electron chi connectivity index (χ3n) is 7.16. The van der Waals surface area contributed by atoms with Crippen molar-refractivity contribution in [3.05, 3.63) is 154 Å². The van der Waals surface area contributed by atoms with E-state index in [0.29, 0.717) is 45.3 Å². The van der Waals surface area contributed by atoms with E-state index in [1.54, 1.807) is 97.1 Å². The maximum absolute atomic E-state index is 11.1. The molecule has 0 N–H and O–H groups in total. The zero-order valence-electron chi connectivity index (χ0n) is 24.8. The first-order valence-corrected chi connectivity index (χ1v) is 14.4. The smallest absolute Gasteiger partial charge is 0.150 e.